The number of halogens is 1. The molecule has 1 rings (SSSR count). The van der Waals surface area contributed by atoms with Crippen LogP contribution in [0.15, 0.2) is 22.7 Å². The van der Waals surface area contributed by atoms with Crippen LogP contribution in [0.4, 0.5) is 0 Å². The van der Waals surface area contributed by atoms with Crippen LogP contribution in [0.25, 0.3) is 0 Å². The zero-order chi connectivity index (χ0) is 12.0. The maximum absolute atomic E-state index is 10.2. The molecule has 0 aliphatic rings. The van der Waals surface area contributed by atoms with Crippen molar-refractivity contribution in [2.45, 2.75) is 6.42 Å². The number of aliphatic carboxylic acids is 1. The third-order valence-electron chi connectivity index (χ3n) is 1.98. The van der Waals surface area contributed by atoms with Gasteiger partial charge in [-0.15, -0.1) is 0 Å². The highest BCUT2D eigenvalue weighted by atomic mass is 79.9. The van der Waals surface area contributed by atoms with E-state index < -0.39 is 5.97 Å². The Bertz CT molecular complexity index is 365. The van der Waals surface area contributed by atoms with Gasteiger partial charge in [0.2, 0.25) is 0 Å². The summed E-state index contributed by atoms with van der Waals surface area (Å²) >= 11 is 3.37. The van der Waals surface area contributed by atoms with Crippen molar-refractivity contribution in [1.29, 1.82) is 0 Å². The first-order valence-electron chi connectivity index (χ1n) is 4.75. The summed E-state index contributed by atoms with van der Waals surface area (Å²) in [6.45, 7) is 0.0927. The molecule has 0 heterocycles. The molecule has 1 aromatic carbocycles. The van der Waals surface area contributed by atoms with Gasteiger partial charge in [-0.25, -0.2) is 4.79 Å². The second-order valence-corrected chi connectivity index (χ2v) is 4.07. The van der Waals surface area contributed by atoms with Gasteiger partial charge in [-0.1, -0.05) is 15.9 Å². The van der Waals surface area contributed by atoms with Gasteiger partial charge < -0.3 is 14.6 Å². The maximum Gasteiger partial charge on any atom is 0.329 e. The molecule has 0 atom stereocenters. The lowest BCUT2D eigenvalue weighted by Gasteiger charge is -2.08. The van der Waals surface area contributed by atoms with Gasteiger partial charge in [-0.2, -0.15) is 0 Å². The van der Waals surface area contributed by atoms with E-state index in [-0.39, 0.29) is 6.61 Å². The van der Waals surface area contributed by atoms with Crippen molar-refractivity contribution in [3.05, 3.63) is 28.2 Å². The minimum absolute atomic E-state index is 0.268. The topological polar surface area (TPSA) is 55.8 Å². The number of hydrogen-bond donors (Lipinski definition) is 1. The molecular weight excluding hydrogens is 276 g/mol. The van der Waals surface area contributed by atoms with Crippen molar-refractivity contribution in [3.8, 4) is 5.75 Å². The second kappa shape index (κ2) is 6.50. The molecule has 88 valence electrons. The Kier molecular flexibility index (Phi) is 5.28. The average Bonchev–Trinajstić information content (AvgIpc) is 2.24. The van der Waals surface area contributed by atoms with E-state index >= 15 is 0 Å². The summed E-state index contributed by atoms with van der Waals surface area (Å²) in [4.78, 5) is 10.2. The number of carboxylic acid groups (broad SMARTS) is 1. The fraction of sp³-hybridized carbons (Fsp3) is 0.364. The Balaban J connectivity index is 2.51. The highest BCUT2D eigenvalue weighted by Gasteiger charge is 2.04. The molecule has 0 saturated heterocycles. The SMILES string of the molecule is COc1ccc(Br)cc1CCOCC(=O)O. The van der Waals surface area contributed by atoms with Gasteiger partial charge in [0.15, 0.2) is 0 Å². The first kappa shape index (κ1) is 13.0. The third-order valence-corrected chi connectivity index (χ3v) is 2.48. The molecule has 16 heavy (non-hydrogen) atoms. The Morgan fingerprint density at radius 3 is 2.88 bits per heavy atom. The van der Waals surface area contributed by atoms with E-state index in [0.29, 0.717) is 13.0 Å². The number of ether oxygens (including phenoxy) is 2. The van der Waals surface area contributed by atoms with Gasteiger partial charge in [0.1, 0.15) is 12.4 Å². The maximum atomic E-state index is 10.2. The summed E-state index contributed by atoms with van der Waals surface area (Å²) in [5.74, 6) is -0.177. The van der Waals surface area contributed by atoms with Crippen molar-refractivity contribution < 1.29 is 19.4 Å². The normalized spacial score (nSPS) is 10.1. The molecule has 0 fully saturated rings. The van der Waals surface area contributed by atoms with E-state index in [1.54, 1.807) is 7.11 Å². The van der Waals surface area contributed by atoms with Gasteiger partial charge >= 0.3 is 5.97 Å². The summed E-state index contributed by atoms with van der Waals surface area (Å²) in [6, 6.07) is 5.68. The second-order valence-electron chi connectivity index (χ2n) is 3.15. The molecule has 0 aromatic heterocycles. The van der Waals surface area contributed by atoms with Crippen LogP contribution in [0, 0.1) is 0 Å². The molecule has 0 radical (unpaired) electrons. The third kappa shape index (κ3) is 4.20. The van der Waals surface area contributed by atoms with Gasteiger partial charge in [0.05, 0.1) is 13.7 Å². The van der Waals surface area contributed by atoms with Gasteiger partial charge in [-0.3, -0.25) is 0 Å². The van der Waals surface area contributed by atoms with E-state index in [1.807, 2.05) is 18.2 Å². The molecule has 5 heteroatoms. The Hall–Kier alpha value is -1.07. The summed E-state index contributed by atoms with van der Waals surface area (Å²) in [6.07, 6.45) is 0.621. The summed E-state index contributed by atoms with van der Waals surface area (Å²) < 4.78 is 11.1. The average molecular weight is 289 g/mol. The molecule has 0 spiro atoms. The zero-order valence-electron chi connectivity index (χ0n) is 8.90. The van der Waals surface area contributed by atoms with Crippen molar-refractivity contribution >= 4 is 21.9 Å². The van der Waals surface area contributed by atoms with Crippen LogP contribution in [0.2, 0.25) is 0 Å². The monoisotopic (exact) mass is 288 g/mol. The van der Waals surface area contributed by atoms with Crippen LogP contribution in [-0.2, 0) is 16.0 Å². The summed E-state index contributed by atoms with van der Waals surface area (Å²) in [5, 5.41) is 8.40. The van der Waals surface area contributed by atoms with Crippen LogP contribution >= 0.6 is 15.9 Å². The number of methoxy groups -OCH3 is 1. The highest BCUT2D eigenvalue weighted by Crippen LogP contribution is 2.23. The van der Waals surface area contributed by atoms with Crippen LogP contribution in [0.3, 0.4) is 0 Å². The molecule has 0 amide bonds. The molecule has 0 unspecified atom stereocenters. The molecular formula is C11H13BrO4. The molecule has 0 aliphatic carbocycles. The number of carbonyl (C=O) groups is 1. The molecule has 1 aromatic rings. The minimum atomic E-state index is -0.957. The standard InChI is InChI=1S/C11H13BrO4/c1-15-10-3-2-9(12)6-8(10)4-5-16-7-11(13)14/h2-3,6H,4-5,7H2,1H3,(H,13,14). The smallest absolute Gasteiger partial charge is 0.329 e. The summed E-state index contributed by atoms with van der Waals surface area (Å²) in [7, 11) is 1.60. The van der Waals surface area contributed by atoms with E-state index in [4.69, 9.17) is 14.6 Å². The van der Waals surface area contributed by atoms with E-state index in [9.17, 15) is 4.79 Å². The van der Waals surface area contributed by atoms with Crippen molar-refractivity contribution in [2.24, 2.45) is 0 Å². The summed E-state index contributed by atoms with van der Waals surface area (Å²) in [5.41, 5.74) is 0.988. The molecule has 0 saturated carbocycles. The van der Waals surface area contributed by atoms with Gasteiger partial charge in [0.25, 0.3) is 0 Å². The number of benzene rings is 1. The fourth-order valence-corrected chi connectivity index (χ4v) is 1.69. The van der Waals surface area contributed by atoms with E-state index in [0.717, 1.165) is 15.8 Å². The molecule has 0 bridgehead atoms. The van der Waals surface area contributed by atoms with Crippen molar-refractivity contribution in [1.82, 2.24) is 0 Å². The lowest BCUT2D eigenvalue weighted by atomic mass is 10.1. The quantitative estimate of drug-likeness (QED) is 0.815. The number of rotatable bonds is 6. The lowest BCUT2D eigenvalue weighted by molar-refractivity contribution is -0.142. The minimum Gasteiger partial charge on any atom is -0.496 e. The van der Waals surface area contributed by atoms with E-state index in [2.05, 4.69) is 15.9 Å². The van der Waals surface area contributed by atoms with Crippen LogP contribution in [0.5, 0.6) is 5.75 Å². The number of carboxylic acids is 1. The van der Waals surface area contributed by atoms with Crippen LogP contribution < -0.4 is 4.74 Å². The van der Waals surface area contributed by atoms with Crippen LogP contribution in [-0.4, -0.2) is 31.4 Å². The van der Waals surface area contributed by atoms with Crippen molar-refractivity contribution in [3.63, 3.8) is 0 Å². The molecule has 1 N–H and O–H groups in total. The van der Waals surface area contributed by atoms with E-state index in [1.165, 1.54) is 0 Å². The largest absolute Gasteiger partial charge is 0.496 e. The number of hydrogen-bond acceptors (Lipinski definition) is 3. The Morgan fingerprint density at radius 2 is 2.25 bits per heavy atom. The lowest BCUT2D eigenvalue weighted by Crippen LogP contribution is -2.09. The van der Waals surface area contributed by atoms with Gasteiger partial charge in [-0.05, 0) is 30.2 Å². The van der Waals surface area contributed by atoms with Crippen LogP contribution in [0.1, 0.15) is 5.56 Å². The molecule has 4 nitrogen and oxygen atoms in total. The van der Waals surface area contributed by atoms with Gasteiger partial charge in [0, 0.05) is 4.47 Å². The fourth-order valence-electron chi connectivity index (χ4n) is 1.28. The Morgan fingerprint density at radius 1 is 1.50 bits per heavy atom. The zero-order valence-corrected chi connectivity index (χ0v) is 10.5. The first-order valence-corrected chi connectivity index (χ1v) is 5.54. The highest BCUT2D eigenvalue weighted by molar-refractivity contribution is 9.10. The first-order chi connectivity index (χ1) is 7.63. The molecule has 0 aliphatic heterocycles. The Labute approximate surface area is 102 Å². The predicted molar refractivity (Wildman–Crippen MR) is 62.9 cm³/mol. The van der Waals surface area contributed by atoms with Crippen molar-refractivity contribution in [2.75, 3.05) is 20.3 Å². The predicted octanol–water partition coefficient (Wildman–Crippen LogP) is 2.10.